The van der Waals surface area contributed by atoms with Crippen molar-refractivity contribution in [2.24, 2.45) is 0 Å². The maximum absolute atomic E-state index is 11.8. The molecule has 1 N–H and O–H groups in total. The SMILES string of the molecule is CC(=O)OCC(CC(=O)NC(C)C)c1ccccc1. The Hall–Kier alpha value is -1.84. The summed E-state index contributed by atoms with van der Waals surface area (Å²) in [5, 5.41) is 2.85. The largest absolute Gasteiger partial charge is 0.465 e. The maximum Gasteiger partial charge on any atom is 0.302 e. The Kier molecular flexibility index (Phi) is 6.06. The van der Waals surface area contributed by atoms with Crippen molar-refractivity contribution < 1.29 is 14.3 Å². The van der Waals surface area contributed by atoms with Gasteiger partial charge >= 0.3 is 5.97 Å². The molecule has 0 aliphatic heterocycles. The van der Waals surface area contributed by atoms with Gasteiger partial charge in [-0.1, -0.05) is 30.3 Å². The maximum atomic E-state index is 11.8. The molecule has 0 aliphatic rings. The predicted octanol–water partition coefficient (Wildman–Crippen LogP) is 2.25. The molecule has 0 saturated heterocycles. The van der Waals surface area contributed by atoms with Gasteiger partial charge in [-0.3, -0.25) is 9.59 Å². The summed E-state index contributed by atoms with van der Waals surface area (Å²) >= 11 is 0. The van der Waals surface area contributed by atoms with Gasteiger partial charge in [0.1, 0.15) is 0 Å². The summed E-state index contributed by atoms with van der Waals surface area (Å²) in [7, 11) is 0. The molecule has 1 aromatic carbocycles. The first-order chi connectivity index (χ1) is 8.99. The molecule has 0 bridgehead atoms. The lowest BCUT2D eigenvalue weighted by Crippen LogP contribution is -2.32. The van der Waals surface area contributed by atoms with E-state index in [1.54, 1.807) is 0 Å². The van der Waals surface area contributed by atoms with Gasteiger partial charge in [0.05, 0.1) is 6.61 Å². The molecule has 0 heterocycles. The Morgan fingerprint density at radius 2 is 1.84 bits per heavy atom. The van der Waals surface area contributed by atoms with Crippen molar-refractivity contribution in [3.63, 3.8) is 0 Å². The molecular formula is C15H21NO3. The zero-order chi connectivity index (χ0) is 14.3. The summed E-state index contributed by atoms with van der Waals surface area (Å²) in [5.74, 6) is -0.468. The minimum atomic E-state index is -0.329. The molecule has 0 aliphatic carbocycles. The number of esters is 1. The van der Waals surface area contributed by atoms with Crippen LogP contribution in [0.25, 0.3) is 0 Å². The van der Waals surface area contributed by atoms with Gasteiger partial charge in [-0.25, -0.2) is 0 Å². The van der Waals surface area contributed by atoms with E-state index in [4.69, 9.17) is 4.74 Å². The molecule has 0 fully saturated rings. The number of nitrogens with one attached hydrogen (secondary N) is 1. The molecule has 104 valence electrons. The fraction of sp³-hybridized carbons (Fsp3) is 0.467. The quantitative estimate of drug-likeness (QED) is 0.801. The summed E-state index contributed by atoms with van der Waals surface area (Å²) in [4.78, 5) is 22.8. The van der Waals surface area contributed by atoms with E-state index >= 15 is 0 Å². The van der Waals surface area contributed by atoms with Crippen molar-refractivity contribution in [3.05, 3.63) is 35.9 Å². The van der Waals surface area contributed by atoms with E-state index in [0.29, 0.717) is 6.42 Å². The van der Waals surface area contributed by atoms with E-state index in [2.05, 4.69) is 5.32 Å². The number of hydrogen-bond acceptors (Lipinski definition) is 3. The third-order valence-electron chi connectivity index (χ3n) is 2.64. The second kappa shape index (κ2) is 7.56. The van der Waals surface area contributed by atoms with Gasteiger partial charge in [-0.2, -0.15) is 0 Å². The van der Waals surface area contributed by atoms with Crippen LogP contribution in [0.3, 0.4) is 0 Å². The average molecular weight is 263 g/mol. The standard InChI is InChI=1S/C15H21NO3/c1-11(2)16-15(18)9-14(10-19-12(3)17)13-7-5-4-6-8-13/h4-8,11,14H,9-10H2,1-3H3,(H,16,18). The molecule has 1 rings (SSSR count). The molecule has 1 amide bonds. The van der Waals surface area contributed by atoms with Crippen molar-refractivity contribution in [2.45, 2.75) is 39.2 Å². The Labute approximate surface area is 114 Å². The lowest BCUT2D eigenvalue weighted by atomic mass is 9.96. The zero-order valence-electron chi connectivity index (χ0n) is 11.7. The Bertz CT molecular complexity index is 415. The molecule has 0 saturated carbocycles. The summed E-state index contributed by atoms with van der Waals surface area (Å²) < 4.78 is 5.05. The molecule has 4 nitrogen and oxygen atoms in total. The summed E-state index contributed by atoms with van der Waals surface area (Å²) in [6, 6.07) is 9.74. The highest BCUT2D eigenvalue weighted by Crippen LogP contribution is 2.20. The first-order valence-corrected chi connectivity index (χ1v) is 6.46. The first-order valence-electron chi connectivity index (χ1n) is 6.46. The van der Waals surface area contributed by atoms with E-state index in [1.165, 1.54) is 6.92 Å². The highest BCUT2D eigenvalue weighted by molar-refractivity contribution is 5.77. The second-order valence-electron chi connectivity index (χ2n) is 4.84. The van der Waals surface area contributed by atoms with Crippen LogP contribution < -0.4 is 5.32 Å². The number of amides is 1. The summed E-state index contributed by atoms with van der Waals surface area (Å²) in [6.07, 6.45) is 0.315. The Morgan fingerprint density at radius 3 is 2.37 bits per heavy atom. The first kappa shape index (κ1) is 15.2. The number of benzene rings is 1. The lowest BCUT2D eigenvalue weighted by molar-refractivity contribution is -0.142. The number of rotatable bonds is 6. The van der Waals surface area contributed by atoms with Crippen molar-refractivity contribution in [1.29, 1.82) is 0 Å². The molecule has 1 atom stereocenters. The summed E-state index contributed by atoms with van der Waals surface area (Å²) in [6.45, 7) is 5.43. The molecule has 0 aromatic heterocycles. The van der Waals surface area contributed by atoms with Crippen LogP contribution in [0.5, 0.6) is 0 Å². The van der Waals surface area contributed by atoms with Crippen LogP contribution in [0.2, 0.25) is 0 Å². The number of ether oxygens (including phenoxy) is 1. The number of carbonyl (C=O) groups is 2. The van der Waals surface area contributed by atoms with Gasteiger partial charge in [0, 0.05) is 25.3 Å². The van der Waals surface area contributed by atoms with Gasteiger partial charge in [-0.15, -0.1) is 0 Å². The predicted molar refractivity (Wildman–Crippen MR) is 73.7 cm³/mol. The normalized spacial score (nSPS) is 12.0. The molecule has 1 aromatic rings. The minimum Gasteiger partial charge on any atom is -0.465 e. The van der Waals surface area contributed by atoms with Crippen molar-refractivity contribution in [1.82, 2.24) is 5.32 Å². The second-order valence-corrected chi connectivity index (χ2v) is 4.84. The monoisotopic (exact) mass is 263 g/mol. The zero-order valence-corrected chi connectivity index (χ0v) is 11.7. The van der Waals surface area contributed by atoms with Gasteiger partial charge < -0.3 is 10.1 Å². The third kappa shape index (κ3) is 6.04. The highest BCUT2D eigenvalue weighted by atomic mass is 16.5. The summed E-state index contributed by atoms with van der Waals surface area (Å²) in [5.41, 5.74) is 1.00. The van der Waals surface area contributed by atoms with E-state index in [9.17, 15) is 9.59 Å². The van der Waals surface area contributed by atoms with Crippen LogP contribution >= 0.6 is 0 Å². The smallest absolute Gasteiger partial charge is 0.302 e. The number of carbonyl (C=O) groups excluding carboxylic acids is 2. The molecule has 0 spiro atoms. The molecular weight excluding hydrogens is 242 g/mol. The van der Waals surface area contributed by atoms with Crippen LogP contribution in [-0.2, 0) is 14.3 Å². The van der Waals surface area contributed by atoms with Gasteiger partial charge in [0.25, 0.3) is 0 Å². The van der Waals surface area contributed by atoms with Gasteiger partial charge in [-0.05, 0) is 19.4 Å². The molecule has 19 heavy (non-hydrogen) atoms. The Balaban J connectivity index is 2.69. The van der Waals surface area contributed by atoms with Crippen molar-refractivity contribution >= 4 is 11.9 Å². The molecule has 0 radical (unpaired) electrons. The van der Waals surface area contributed by atoms with E-state index in [-0.39, 0.29) is 30.4 Å². The van der Waals surface area contributed by atoms with Crippen LogP contribution in [-0.4, -0.2) is 24.5 Å². The average Bonchev–Trinajstić information content (AvgIpc) is 2.34. The minimum absolute atomic E-state index is 0.0315. The fourth-order valence-corrected chi connectivity index (χ4v) is 1.82. The van der Waals surface area contributed by atoms with E-state index < -0.39 is 0 Å². The van der Waals surface area contributed by atoms with Crippen molar-refractivity contribution in [3.8, 4) is 0 Å². The lowest BCUT2D eigenvalue weighted by Gasteiger charge is -2.17. The molecule has 1 unspecified atom stereocenters. The molecule has 4 heteroatoms. The van der Waals surface area contributed by atoms with Crippen molar-refractivity contribution in [2.75, 3.05) is 6.61 Å². The number of hydrogen-bond donors (Lipinski definition) is 1. The fourth-order valence-electron chi connectivity index (χ4n) is 1.82. The van der Waals surface area contributed by atoms with Crippen LogP contribution in [0.1, 0.15) is 38.7 Å². The van der Waals surface area contributed by atoms with Crippen LogP contribution in [0.4, 0.5) is 0 Å². The third-order valence-corrected chi connectivity index (χ3v) is 2.64. The topological polar surface area (TPSA) is 55.4 Å². The highest BCUT2D eigenvalue weighted by Gasteiger charge is 2.17. The Morgan fingerprint density at radius 1 is 1.21 bits per heavy atom. The van der Waals surface area contributed by atoms with Crippen LogP contribution in [0, 0.1) is 0 Å². The van der Waals surface area contributed by atoms with E-state index in [1.807, 2.05) is 44.2 Å². The van der Waals surface area contributed by atoms with Crippen LogP contribution in [0.15, 0.2) is 30.3 Å². The van der Waals surface area contributed by atoms with Gasteiger partial charge in [0.15, 0.2) is 0 Å². The van der Waals surface area contributed by atoms with Gasteiger partial charge in [0.2, 0.25) is 5.91 Å². The van der Waals surface area contributed by atoms with E-state index in [0.717, 1.165) is 5.56 Å².